The van der Waals surface area contributed by atoms with Crippen LogP contribution in [0.5, 0.6) is 0 Å². The molecule has 0 bridgehead atoms. The van der Waals surface area contributed by atoms with Crippen molar-refractivity contribution in [3.63, 3.8) is 0 Å². The van der Waals surface area contributed by atoms with Gasteiger partial charge in [-0.05, 0) is 36.5 Å². The molecule has 0 saturated heterocycles. The number of rotatable bonds is 0. The standard InChI is InChI=1S/C9H14O/c10-9-6-3-1-2-5-4-7(9)8(5)6/h5-10H,1-4H2. The lowest BCUT2D eigenvalue weighted by Crippen LogP contribution is -2.63. The van der Waals surface area contributed by atoms with Crippen molar-refractivity contribution in [3.8, 4) is 0 Å². The highest BCUT2D eigenvalue weighted by Gasteiger charge is 2.60. The molecule has 1 heteroatoms. The first-order valence-electron chi connectivity index (χ1n) is 4.56. The first-order valence-corrected chi connectivity index (χ1v) is 4.56. The van der Waals surface area contributed by atoms with Crippen LogP contribution in [0.2, 0.25) is 0 Å². The Morgan fingerprint density at radius 3 is 2.80 bits per heavy atom. The van der Waals surface area contributed by atoms with Crippen molar-refractivity contribution in [2.45, 2.75) is 31.8 Å². The minimum absolute atomic E-state index is 0.113. The first-order chi connectivity index (χ1) is 4.88. The van der Waals surface area contributed by atoms with E-state index in [0.29, 0.717) is 0 Å². The van der Waals surface area contributed by atoms with Gasteiger partial charge < -0.3 is 5.11 Å². The second-order valence-electron chi connectivity index (χ2n) is 4.32. The van der Waals surface area contributed by atoms with Gasteiger partial charge in [0, 0.05) is 0 Å². The van der Waals surface area contributed by atoms with E-state index >= 15 is 0 Å². The minimum atomic E-state index is 0.113. The van der Waals surface area contributed by atoms with Crippen LogP contribution in [0.1, 0.15) is 25.7 Å². The van der Waals surface area contributed by atoms with Crippen LogP contribution >= 0.6 is 0 Å². The van der Waals surface area contributed by atoms with E-state index in [1.54, 1.807) is 0 Å². The summed E-state index contributed by atoms with van der Waals surface area (Å²) in [5, 5.41) is 9.55. The molecule has 0 amide bonds. The van der Waals surface area contributed by atoms with Crippen molar-refractivity contribution in [2.24, 2.45) is 23.7 Å². The summed E-state index contributed by atoms with van der Waals surface area (Å²) < 4.78 is 0. The zero-order valence-electron chi connectivity index (χ0n) is 6.16. The van der Waals surface area contributed by atoms with Gasteiger partial charge in [0.15, 0.2) is 0 Å². The van der Waals surface area contributed by atoms with E-state index in [9.17, 15) is 5.11 Å². The van der Waals surface area contributed by atoms with Gasteiger partial charge in [-0.15, -0.1) is 0 Å². The van der Waals surface area contributed by atoms with Crippen molar-refractivity contribution >= 4 is 0 Å². The van der Waals surface area contributed by atoms with E-state index in [1.807, 2.05) is 0 Å². The predicted molar refractivity (Wildman–Crippen MR) is 38.4 cm³/mol. The molecule has 3 rings (SSSR count). The van der Waals surface area contributed by atoms with Gasteiger partial charge in [-0.1, -0.05) is 12.8 Å². The minimum Gasteiger partial charge on any atom is -0.393 e. The number of hydrogen-bond donors (Lipinski definition) is 1. The SMILES string of the molecule is OC1C2CCCC3CC1C32. The van der Waals surface area contributed by atoms with Gasteiger partial charge in [0.05, 0.1) is 6.10 Å². The maximum absolute atomic E-state index is 9.55. The molecule has 3 saturated carbocycles. The molecule has 0 radical (unpaired) electrons. The second kappa shape index (κ2) is 1.58. The Balaban J connectivity index is 1.84. The van der Waals surface area contributed by atoms with Crippen molar-refractivity contribution in [2.75, 3.05) is 0 Å². The highest BCUT2D eigenvalue weighted by molar-refractivity contribution is 5.09. The van der Waals surface area contributed by atoms with Crippen molar-refractivity contribution in [1.82, 2.24) is 0 Å². The Kier molecular flexibility index (Phi) is 0.883. The van der Waals surface area contributed by atoms with Gasteiger partial charge >= 0.3 is 0 Å². The fourth-order valence-electron chi connectivity index (χ4n) is 3.54. The molecular weight excluding hydrogens is 124 g/mol. The summed E-state index contributed by atoms with van der Waals surface area (Å²) in [6, 6.07) is 0. The number of aliphatic hydroxyl groups excluding tert-OH is 1. The van der Waals surface area contributed by atoms with Gasteiger partial charge in [0.1, 0.15) is 0 Å². The number of hydrogen-bond acceptors (Lipinski definition) is 1. The molecule has 0 aromatic rings. The topological polar surface area (TPSA) is 20.2 Å². The normalized spacial score (nSPS) is 63.9. The molecule has 1 nitrogen and oxygen atoms in total. The maximum atomic E-state index is 9.55. The van der Waals surface area contributed by atoms with E-state index in [1.165, 1.54) is 25.7 Å². The molecule has 3 aliphatic carbocycles. The number of aliphatic hydroxyl groups is 1. The molecule has 56 valence electrons. The maximum Gasteiger partial charge on any atom is 0.0602 e. The average molecular weight is 138 g/mol. The molecule has 0 aromatic heterocycles. The van der Waals surface area contributed by atoms with Crippen LogP contribution in [0.15, 0.2) is 0 Å². The molecule has 0 heterocycles. The fraction of sp³-hybridized carbons (Fsp3) is 1.00. The van der Waals surface area contributed by atoms with Gasteiger partial charge in [-0.3, -0.25) is 0 Å². The van der Waals surface area contributed by atoms with Crippen LogP contribution in [-0.2, 0) is 0 Å². The Morgan fingerprint density at radius 2 is 2.00 bits per heavy atom. The zero-order valence-corrected chi connectivity index (χ0v) is 6.16. The Labute approximate surface area is 61.4 Å². The zero-order chi connectivity index (χ0) is 6.72. The van der Waals surface area contributed by atoms with Gasteiger partial charge in [-0.2, -0.15) is 0 Å². The van der Waals surface area contributed by atoms with E-state index < -0.39 is 0 Å². The summed E-state index contributed by atoms with van der Waals surface area (Å²) in [6.45, 7) is 0. The van der Waals surface area contributed by atoms with Crippen molar-refractivity contribution in [1.29, 1.82) is 0 Å². The molecule has 3 fully saturated rings. The lowest BCUT2D eigenvalue weighted by Gasteiger charge is -2.64. The summed E-state index contributed by atoms with van der Waals surface area (Å²) in [4.78, 5) is 0. The predicted octanol–water partition coefficient (Wildman–Crippen LogP) is 1.41. The van der Waals surface area contributed by atoms with Crippen molar-refractivity contribution < 1.29 is 5.11 Å². The van der Waals surface area contributed by atoms with E-state index in [4.69, 9.17) is 0 Å². The lowest BCUT2D eigenvalue weighted by molar-refractivity contribution is -0.215. The quantitative estimate of drug-likeness (QED) is 0.536. The molecule has 0 aliphatic heterocycles. The highest BCUT2D eigenvalue weighted by Crippen LogP contribution is 2.63. The molecule has 5 unspecified atom stereocenters. The molecule has 3 aliphatic rings. The third kappa shape index (κ3) is 0.430. The summed E-state index contributed by atoms with van der Waals surface area (Å²) in [5.74, 6) is 3.49. The summed E-state index contributed by atoms with van der Waals surface area (Å²) in [7, 11) is 0. The Hall–Kier alpha value is -0.0400. The average Bonchev–Trinajstić information content (AvgIpc) is 1.88. The lowest BCUT2D eigenvalue weighted by atomic mass is 9.42. The van der Waals surface area contributed by atoms with Crippen LogP contribution in [0.3, 0.4) is 0 Å². The third-order valence-electron chi connectivity index (χ3n) is 4.10. The van der Waals surface area contributed by atoms with Crippen LogP contribution in [-0.4, -0.2) is 11.2 Å². The Morgan fingerprint density at radius 1 is 1.10 bits per heavy atom. The monoisotopic (exact) mass is 138 g/mol. The molecule has 1 N–H and O–H groups in total. The summed E-state index contributed by atoms with van der Waals surface area (Å²) in [5.41, 5.74) is 0. The molecule has 5 atom stereocenters. The summed E-state index contributed by atoms with van der Waals surface area (Å²) >= 11 is 0. The van der Waals surface area contributed by atoms with Crippen LogP contribution in [0.4, 0.5) is 0 Å². The third-order valence-corrected chi connectivity index (χ3v) is 4.10. The largest absolute Gasteiger partial charge is 0.393 e. The van der Waals surface area contributed by atoms with Crippen LogP contribution in [0, 0.1) is 23.7 Å². The van der Waals surface area contributed by atoms with E-state index in [2.05, 4.69) is 0 Å². The summed E-state index contributed by atoms with van der Waals surface area (Å²) in [6.07, 6.45) is 5.63. The smallest absolute Gasteiger partial charge is 0.0602 e. The van der Waals surface area contributed by atoms with E-state index in [0.717, 1.165) is 23.7 Å². The van der Waals surface area contributed by atoms with Crippen LogP contribution in [0.25, 0.3) is 0 Å². The molecule has 0 aromatic carbocycles. The van der Waals surface area contributed by atoms with Gasteiger partial charge in [0.2, 0.25) is 0 Å². The van der Waals surface area contributed by atoms with E-state index in [-0.39, 0.29) is 6.10 Å². The molecule has 10 heavy (non-hydrogen) atoms. The molecule has 0 spiro atoms. The first kappa shape index (κ1) is 5.59. The fourth-order valence-corrected chi connectivity index (χ4v) is 3.54. The van der Waals surface area contributed by atoms with Gasteiger partial charge in [0.25, 0.3) is 0 Å². The second-order valence-corrected chi connectivity index (χ2v) is 4.32. The van der Waals surface area contributed by atoms with Gasteiger partial charge in [-0.25, -0.2) is 0 Å². The van der Waals surface area contributed by atoms with Crippen molar-refractivity contribution in [3.05, 3.63) is 0 Å². The van der Waals surface area contributed by atoms with Crippen LogP contribution < -0.4 is 0 Å². The Bertz CT molecular complexity index is 157. The highest BCUT2D eigenvalue weighted by atomic mass is 16.3. The molecular formula is C9H14O.